The summed E-state index contributed by atoms with van der Waals surface area (Å²) in [6.45, 7) is 10.3. The third-order valence-electron chi connectivity index (χ3n) is 2.84. The van der Waals surface area contributed by atoms with Crippen LogP contribution >= 0.6 is 0 Å². The molecule has 1 unspecified atom stereocenters. The van der Waals surface area contributed by atoms with Gasteiger partial charge in [-0.25, -0.2) is 0 Å². The Balaban J connectivity index is 2.77. The van der Waals surface area contributed by atoms with Gasteiger partial charge in [-0.05, 0) is 23.7 Å². The van der Waals surface area contributed by atoms with E-state index in [1.807, 2.05) is 6.08 Å². The maximum Gasteiger partial charge on any atom is 0.133 e. The second-order valence-electron chi connectivity index (χ2n) is 5.54. The molecular weight excluding hydrogens is 160 g/mol. The van der Waals surface area contributed by atoms with Crippen LogP contribution in [0.1, 0.15) is 46.5 Å². The molecule has 0 spiro atoms. The van der Waals surface area contributed by atoms with Crippen molar-refractivity contribution in [3.8, 4) is 0 Å². The maximum absolute atomic E-state index is 11.5. The number of carbonyl (C=O) groups excluding carboxylic acids is 1. The summed E-state index contributed by atoms with van der Waals surface area (Å²) < 4.78 is 0. The van der Waals surface area contributed by atoms with Crippen molar-refractivity contribution >= 4 is 5.78 Å². The molecule has 1 aliphatic rings. The molecule has 1 atom stereocenters. The molecule has 0 amide bonds. The van der Waals surface area contributed by atoms with Gasteiger partial charge in [0.05, 0.1) is 0 Å². The fourth-order valence-electron chi connectivity index (χ4n) is 2.85. The Labute approximate surface area is 81.2 Å². The van der Waals surface area contributed by atoms with Gasteiger partial charge in [0.1, 0.15) is 5.78 Å². The number of ketones is 1. The topological polar surface area (TPSA) is 17.1 Å². The van der Waals surface area contributed by atoms with Crippen molar-refractivity contribution in [2.75, 3.05) is 0 Å². The molecule has 0 aliphatic heterocycles. The second kappa shape index (κ2) is 3.28. The fraction of sp³-hybridized carbons (Fsp3) is 0.750. The molecule has 0 heterocycles. The van der Waals surface area contributed by atoms with E-state index in [0.717, 1.165) is 25.7 Å². The van der Waals surface area contributed by atoms with E-state index < -0.39 is 0 Å². The molecular formula is C12H20O. The van der Waals surface area contributed by atoms with Gasteiger partial charge in [-0.15, -0.1) is 6.58 Å². The Morgan fingerprint density at radius 2 is 2.00 bits per heavy atom. The van der Waals surface area contributed by atoms with Crippen LogP contribution in [0.25, 0.3) is 0 Å². The largest absolute Gasteiger partial charge is 0.300 e. The third kappa shape index (κ3) is 2.68. The maximum atomic E-state index is 11.5. The van der Waals surface area contributed by atoms with Gasteiger partial charge < -0.3 is 0 Å². The van der Waals surface area contributed by atoms with E-state index in [0.29, 0.717) is 5.78 Å². The zero-order valence-corrected chi connectivity index (χ0v) is 9.02. The predicted octanol–water partition coefficient (Wildman–Crippen LogP) is 3.35. The van der Waals surface area contributed by atoms with Crippen molar-refractivity contribution in [2.45, 2.75) is 46.5 Å². The van der Waals surface area contributed by atoms with E-state index in [1.165, 1.54) is 0 Å². The van der Waals surface area contributed by atoms with Crippen LogP contribution in [0.4, 0.5) is 0 Å². The molecule has 1 saturated carbocycles. The van der Waals surface area contributed by atoms with Crippen LogP contribution in [0, 0.1) is 10.8 Å². The van der Waals surface area contributed by atoms with E-state index in [1.54, 1.807) is 0 Å². The lowest BCUT2D eigenvalue weighted by molar-refractivity contribution is -0.127. The van der Waals surface area contributed by atoms with Gasteiger partial charge in [0.25, 0.3) is 0 Å². The molecule has 0 N–H and O–H groups in total. The fourth-order valence-corrected chi connectivity index (χ4v) is 2.85. The molecule has 0 saturated heterocycles. The summed E-state index contributed by atoms with van der Waals surface area (Å²) >= 11 is 0. The Bertz CT molecular complexity index is 227. The molecule has 0 bridgehead atoms. The average molecular weight is 180 g/mol. The minimum atomic E-state index is 0.167. The van der Waals surface area contributed by atoms with Gasteiger partial charge in [0, 0.05) is 12.8 Å². The molecule has 1 fully saturated rings. The van der Waals surface area contributed by atoms with Crippen LogP contribution in [0.2, 0.25) is 0 Å². The molecule has 0 aromatic carbocycles. The van der Waals surface area contributed by atoms with Crippen LogP contribution < -0.4 is 0 Å². The van der Waals surface area contributed by atoms with E-state index in [-0.39, 0.29) is 10.8 Å². The van der Waals surface area contributed by atoms with Crippen LogP contribution in [0.15, 0.2) is 12.7 Å². The number of carbonyl (C=O) groups is 1. The number of Topliss-reactive ketones (excluding diaryl/α,β-unsaturated/α-hetero) is 1. The minimum Gasteiger partial charge on any atom is -0.300 e. The second-order valence-corrected chi connectivity index (χ2v) is 5.54. The first-order chi connectivity index (χ1) is 5.87. The molecule has 74 valence electrons. The molecule has 1 rings (SSSR count). The molecule has 0 aromatic rings. The molecule has 1 nitrogen and oxygen atoms in total. The third-order valence-corrected chi connectivity index (χ3v) is 2.84. The van der Waals surface area contributed by atoms with E-state index >= 15 is 0 Å². The van der Waals surface area contributed by atoms with Crippen molar-refractivity contribution < 1.29 is 4.79 Å². The predicted molar refractivity (Wildman–Crippen MR) is 55.6 cm³/mol. The summed E-state index contributed by atoms with van der Waals surface area (Å²) in [4.78, 5) is 11.5. The highest BCUT2D eigenvalue weighted by atomic mass is 16.1. The quantitative estimate of drug-likeness (QED) is 0.596. The van der Waals surface area contributed by atoms with E-state index in [2.05, 4.69) is 27.4 Å². The first kappa shape index (κ1) is 10.5. The Morgan fingerprint density at radius 3 is 2.46 bits per heavy atom. The monoisotopic (exact) mass is 180 g/mol. The van der Waals surface area contributed by atoms with Gasteiger partial charge in [-0.1, -0.05) is 26.8 Å². The van der Waals surface area contributed by atoms with Crippen LogP contribution in [0.5, 0.6) is 0 Å². The lowest BCUT2D eigenvalue weighted by atomic mass is 9.63. The normalized spacial score (nSPS) is 33.0. The van der Waals surface area contributed by atoms with Crippen molar-refractivity contribution in [3.63, 3.8) is 0 Å². The summed E-state index contributed by atoms with van der Waals surface area (Å²) in [7, 11) is 0. The zero-order valence-electron chi connectivity index (χ0n) is 9.02. The number of rotatable bonds is 2. The highest BCUT2D eigenvalue weighted by Gasteiger charge is 2.39. The van der Waals surface area contributed by atoms with Crippen LogP contribution in [-0.2, 0) is 4.79 Å². The van der Waals surface area contributed by atoms with Gasteiger partial charge in [-0.2, -0.15) is 0 Å². The standard InChI is InChI=1S/C12H20O/c1-5-6-12(4)8-10(13)7-11(2,3)9-12/h5H,1,6-9H2,2-4H3. The lowest BCUT2D eigenvalue weighted by Crippen LogP contribution is -2.35. The molecule has 0 radical (unpaired) electrons. The highest BCUT2D eigenvalue weighted by Crippen LogP contribution is 2.46. The van der Waals surface area contributed by atoms with Crippen LogP contribution in [-0.4, -0.2) is 5.78 Å². The molecule has 1 heteroatoms. The number of hydrogen-bond acceptors (Lipinski definition) is 1. The summed E-state index contributed by atoms with van der Waals surface area (Å²) in [5, 5.41) is 0. The Morgan fingerprint density at radius 1 is 1.38 bits per heavy atom. The van der Waals surface area contributed by atoms with Crippen molar-refractivity contribution in [1.82, 2.24) is 0 Å². The highest BCUT2D eigenvalue weighted by molar-refractivity contribution is 5.80. The zero-order chi connectivity index (χ0) is 10.1. The van der Waals surface area contributed by atoms with Gasteiger partial charge in [0.15, 0.2) is 0 Å². The summed E-state index contributed by atoms with van der Waals surface area (Å²) in [6, 6.07) is 0. The SMILES string of the molecule is C=CCC1(C)CC(=O)CC(C)(C)C1. The molecule has 0 aromatic heterocycles. The van der Waals surface area contributed by atoms with Gasteiger partial charge >= 0.3 is 0 Å². The lowest BCUT2D eigenvalue weighted by Gasteiger charge is -2.41. The minimum absolute atomic E-state index is 0.167. The first-order valence-corrected chi connectivity index (χ1v) is 5.00. The number of allylic oxidation sites excluding steroid dienone is 1. The summed E-state index contributed by atoms with van der Waals surface area (Å²) in [6.07, 6.45) is 5.52. The Hall–Kier alpha value is -0.590. The summed E-state index contributed by atoms with van der Waals surface area (Å²) in [5.74, 6) is 0.417. The number of hydrogen-bond donors (Lipinski definition) is 0. The molecule has 1 aliphatic carbocycles. The van der Waals surface area contributed by atoms with Crippen molar-refractivity contribution in [2.24, 2.45) is 10.8 Å². The van der Waals surface area contributed by atoms with Crippen LogP contribution in [0.3, 0.4) is 0 Å². The Kier molecular flexibility index (Phi) is 2.65. The summed E-state index contributed by atoms with van der Waals surface area (Å²) in [5.41, 5.74) is 0.355. The van der Waals surface area contributed by atoms with Gasteiger partial charge in [-0.3, -0.25) is 4.79 Å². The van der Waals surface area contributed by atoms with Gasteiger partial charge in [0.2, 0.25) is 0 Å². The first-order valence-electron chi connectivity index (χ1n) is 5.00. The molecule has 13 heavy (non-hydrogen) atoms. The van der Waals surface area contributed by atoms with E-state index in [9.17, 15) is 4.79 Å². The average Bonchev–Trinajstić information content (AvgIpc) is 1.78. The van der Waals surface area contributed by atoms with Crippen molar-refractivity contribution in [1.29, 1.82) is 0 Å². The van der Waals surface area contributed by atoms with Crippen molar-refractivity contribution in [3.05, 3.63) is 12.7 Å². The smallest absolute Gasteiger partial charge is 0.133 e. The van der Waals surface area contributed by atoms with E-state index in [4.69, 9.17) is 0 Å².